The zero-order valence-electron chi connectivity index (χ0n) is 10.1. The van der Waals surface area contributed by atoms with Gasteiger partial charge in [-0.2, -0.15) is 0 Å². The second-order valence-corrected chi connectivity index (χ2v) is 3.94. The molecule has 4 nitrogen and oxygen atoms in total. The van der Waals surface area contributed by atoms with Crippen LogP contribution in [0.4, 0.5) is 0 Å². The minimum atomic E-state index is -0.988. The Morgan fingerprint density at radius 1 is 1.29 bits per heavy atom. The molecule has 0 aliphatic heterocycles. The second kappa shape index (κ2) is 5.30. The first-order valence-electron chi connectivity index (χ1n) is 5.15. The Bertz CT molecular complexity index is 476. The molecule has 0 fully saturated rings. The number of hydrogen-bond acceptors (Lipinski definition) is 2. The van der Waals surface area contributed by atoms with Crippen LogP contribution in [-0.2, 0) is 4.79 Å². The van der Waals surface area contributed by atoms with Crippen LogP contribution in [0, 0.1) is 6.92 Å². The molecule has 17 heavy (non-hydrogen) atoms. The molecule has 4 heteroatoms. The number of carbonyl (C=O) groups is 2. The first-order chi connectivity index (χ1) is 7.91. The number of amides is 1. The number of aliphatic carboxylic acids is 1. The van der Waals surface area contributed by atoms with Crippen LogP contribution in [0.2, 0.25) is 0 Å². The number of carboxylic acid groups (broad SMARTS) is 1. The summed E-state index contributed by atoms with van der Waals surface area (Å²) in [6.07, 6.45) is 2.59. The first kappa shape index (κ1) is 13.0. The zero-order chi connectivity index (χ0) is 13.0. The van der Waals surface area contributed by atoms with E-state index in [0.717, 1.165) is 17.2 Å². The van der Waals surface area contributed by atoms with Crippen molar-refractivity contribution in [2.45, 2.75) is 6.92 Å². The molecule has 0 aliphatic carbocycles. The predicted octanol–water partition coefficient (Wildman–Crippen LogP) is 1.79. The third kappa shape index (κ3) is 3.45. The maximum Gasteiger partial charge on any atom is 0.328 e. The van der Waals surface area contributed by atoms with Crippen molar-refractivity contribution in [3.63, 3.8) is 0 Å². The van der Waals surface area contributed by atoms with Crippen molar-refractivity contribution in [1.29, 1.82) is 0 Å². The summed E-state index contributed by atoms with van der Waals surface area (Å²) in [7, 11) is 3.38. The SMILES string of the molecule is Cc1cc(C(=O)N(C)C)ccc1/C=C/C(=O)O. The van der Waals surface area contributed by atoms with Gasteiger partial charge in [-0.25, -0.2) is 4.79 Å². The van der Waals surface area contributed by atoms with Crippen molar-refractivity contribution in [2.24, 2.45) is 0 Å². The van der Waals surface area contributed by atoms with Crippen molar-refractivity contribution in [3.8, 4) is 0 Å². The fourth-order valence-electron chi connectivity index (χ4n) is 1.41. The highest BCUT2D eigenvalue weighted by Gasteiger charge is 2.08. The molecule has 0 saturated heterocycles. The molecule has 0 bridgehead atoms. The number of rotatable bonds is 3. The van der Waals surface area contributed by atoms with Crippen LogP contribution < -0.4 is 0 Å². The molecule has 0 heterocycles. The third-order valence-electron chi connectivity index (χ3n) is 2.33. The first-order valence-corrected chi connectivity index (χ1v) is 5.15. The quantitative estimate of drug-likeness (QED) is 0.810. The fourth-order valence-corrected chi connectivity index (χ4v) is 1.41. The molecular weight excluding hydrogens is 218 g/mol. The van der Waals surface area contributed by atoms with Gasteiger partial charge in [-0.3, -0.25) is 4.79 Å². The van der Waals surface area contributed by atoms with Gasteiger partial charge in [0, 0.05) is 25.7 Å². The second-order valence-electron chi connectivity index (χ2n) is 3.94. The van der Waals surface area contributed by atoms with Gasteiger partial charge >= 0.3 is 5.97 Å². The van der Waals surface area contributed by atoms with Crippen LogP contribution in [0.3, 0.4) is 0 Å². The lowest BCUT2D eigenvalue weighted by molar-refractivity contribution is -0.131. The van der Waals surface area contributed by atoms with Gasteiger partial charge < -0.3 is 10.0 Å². The molecule has 0 radical (unpaired) electrons. The Kier molecular flexibility index (Phi) is 4.04. The molecule has 0 aromatic heterocycles. The lowest BCUT2D eigenvalue weighted by Gasteiger charge is -2.11. The van der Waals surface area contributed by atoms with Crippen LogP contribution in [-0.4, -0.2) is 36.0 Å². The molecule has 1 N–H and O–H groups in total. The Labute approximate surface area is 100 Å². The predicted molar refractivity (Wildman–Crippen MR) is 65.9 cm³/mol. The van der Waals surface area contributed by atoms with Gasteiger partial charge in [0.25, 0.3) is 5.91 Å². The topological polar surface area (TPSA) is 57.6 Å². The Morgan fingerprint density at radius 2 is 1.94 bits per heavy atom. The number of aryl methyl sites for hydroxylation is 1. The van der Waals surface area contributed by atoms with Crippen molar-refractivity contribution >= 4 is 18.0 Å². The maximum atomic E-state index is 11.7. The summed E-state index contributed by atoms with van der Waals surface area (Å²) in [5.74, 6) is -1.06. The van der Waals surface area contributed by atoms with E-state index in [-0.39, 0.29) is 5.91 Å². The van der Waals surface area contributed by atoms with E-state index in [1.54, 1.807) is 32.3 Å². The highest BCUT2D eigenvalue weighted by molar-refractivity contribution is 5.94. The molecule has 0 spiro atoms. The minimum absolute atomic E-state index is 0.0677. The molecule has 1 aromatic carbocycles. The van der Waals surface area contributed by atoms with Crippen molar-refractivity contribution in [3.05, 3.63) is 41.0 Å². The Hall–Kier alpha value is -2.10. The number of hydrogen-bond donors (Lipinski definition) is 1. The standard InChI is InChI=1S/C13H15NO3/c1-9-8-11(13(17)14(2)3)5-4-10(9)6-7-12(15)16/h4-8H,1-3H3,(H,15,16)/b7-6+. The molecule has 0 saturated carbocycles. The molecule has 1 rings (SSSR count). The van der Waals surface area contributed by atoms with Crippen LogP contribution in [0.5, 0.6) is 0 Å². The molecule has 0 unspecified atom stereocenters. The number of nitrogens with zero attached hydrogens (tertiary/aromatic N) is 1. The molecular formula is C13H15NO3. The molecule has 0 aliphatic rings. The number of benzene rings is 1. The average Bonchev–Trinajstić information content (AvgIpc) is 2.26. The van der Waals surface area contributed by atoms with Gasteiger partial charge in [-0.15, -0.1) is 0 Å². The highest BCUT2D eigenvalue weighted by atomic mass is 16.4. The van der Waals surface area contributed by atoms with Crippen LogP contribution in [0.15, 0.2) is 24.3 Å². The maximum absolute atomic E-state index is 11.7. The third-order valence-corrected chi connectivity index (χ3v) is 2.33. The van der Waals surface area contributed by atoms with Crippen molar-refractivity contribution < 1.29 is 14.7 Å². The lowest BCUT2D eigenvalue weighted by atomic mass is 10.0. The summed E-state index contributed by atoms with van der Waals surface area (Å²) >= 11 is 0. The van der Waals surface area contributed by atoms with E-state index in [1.165, 1.54) is 11.0 Å². The molecule has 1 aromatic rings. The molecule has 90 valence electrons. The summed E-state index contributed by atoms with van der Waals surface area (Å²) in [6.45, 7) is 1.84. The van der Waals surface area contributed by atoms with E-state index in [1.807, 2.05) is 6.92 Å². The summed E-state index contributed by atoms with van der Waals surface area (Å²) in [4.78, 5) is 23.6. The van der Waals surface area contributed by atoms with E-state index in [9.17, 15) is 9.59 Å². The van der Waals surface area contributed by atoms with Gasteiger partial charge in [0.05, 0.1) is 0 Å². The van der Waals surface area contributed by atoms with Gasteiger partial charge in [-0.05, 0) is 36.3 Å². The summed E-state index contributed by atoms with van der Waals surface area (Å²) in [5.41, 5.74) is 2.26. The summed E-state index contributed by atoms with van der Waals surface area (Å²) in [6, 6.07) is 5.19. The van der Waals surface area contributed by atoms with E-state index in [0.29, 0.717) is 5.56 Å². The van der Waals surface area contributed by atoms with E-state index in [4.69, 9.17) is 5.11 Å². The Morgan fingerprint density at radius 3 is 2.41 bits per heavy atom. The van der Waals surface area contributed by atoms with E-state index >= 15 is 0 Å². The smallest absolute Gasteiger partial charge is 0.328 e. The van der Waals surface area contributed by atoms with Gasteiger partial charge in [0.15, 0.2) is 0 Å². The lowest BCUT2D eigenvalue weighted by Crippen LogP contribution is -2.21. The van der Waals surface area contributed by atoms with Crippen LogP contribution in [0.25, 0.3) is 6.08 Å². The average molecular weight is 233 g/mol. The van der Waals surface area contributed by atoms with E-state index in [2.05, 4.69) is 0 Å². The molecule has 1 amide bonds. The fraction of sp³-hybridized carbons (Fsp3) is 0.231. The number of carbonyl (C=O) groups excluding carboxylic acids is 1. The van der Waals surface area contributed by atoms with Crippen molar-refractivity contribution in [1.82, 2.24) is 4.90 Å². The van der Waals surface area contributed by atoms with Gasteiger partial charge in [0.2, 0.25) is 0 Å². The summed E-state index contributed by atoms with van der Waals surface area (Å²) < 4.78 is 0. The zero-order valence-corrected chi connectivity index (χ0v) is 10.1. The van der Waals surface area contributed by atoms with Crippen molar-refractivity contribution in [2.75, 3.05) is 14.1 Å². The van der Waals surface area contributed by atoms with Crippen LogP contribution >= 0.6 is 0 Å². The van der Waals surface area contributed by atoms with Gasteiger partial charge in [-0.1, -0.05) is 6.07 Å². The molecule has 0 atom stereocenters. The van der Waals surface area contributed by atoms with Gasteiger partial charge in [0.1, 0.15) is 0 Å². The van der Waals surface area contributed by atoms with E-state index < -0.39 is 5.97 Å². The summed E-state index contributed by atoms with van der Waals surface area (Å²) in [5, 5.41) is 8.53. The minimum Gasteiger partial charge on any atom is -0.478 e. The Balaban J connectivity index is 3.02. The monoisotopic (exact) mass is 233 g/mol. The largest absolute Gasteiger partial charge is 0.478 e. The highest BCUT2D eigenvalue weighted by Crippen LogP contribution is 2.13. The normalized spacial score (nSPS) is 10.5. The van der Waals surface area contributed by atoms with Crippen LogP contribution in [0.1, 0.15) is 21.5 Å². The number of carboxylic acids is 1.